The van der Waals surface area contributed by atoms with Crippen molar-refractivity contribution < 1.29 is 23.4 Å². The molecule has 0 atom stereocenters. The van der Waals surface area contributed by atoms with Crippen LogP contribution in [0.3, 0.4) is 0 Å². The molecular formula is C20H19NO6. The van der Waals surface area contributed by atoms with Crippen LogP contribution in [-0.4, -0.2) is 26.7 Å². The van der Waals surface area contributed by atoms with Gasteiger partial charge < -0.3 is 23.9 Å². The van der Waals surface area contributed by atoms with E-state index in [9.17, 15) is 9.59 Å². The first-order valence-electron chi connectivity index (χ1n) is 8.24. The summed E-state index contributed by atoms with van der Waals surface area (Å²) in [6, 6.07) is 14.5. The number of anilines is 1. The zero-order valence-electron chi connectivity index (χ0n) is 15.0. The molecule has 0 aliphatic heterocycles. The predicted octanol–water partition coefficient (Wildman–Crippen LogP) is 2.97. The predicted molar refractivity (Wildman–Crippen MR) is 100 cm³/mol. The van der Waals surface area contributed by atoms with E-state index in [1.54, 1.807) is 18.2 Å². The van der Waals surface area contributed by atoms with Gasteiger partial charge in [0.1, 0.15) is 24.5 Å². The smallest absolute Gasteiger partial charge is 0.379 e. The average Bonchev–Trinajstić information content (AvgIpc) is 2.70. The molecule has 140 valence electrons. The third-order valence-corrected chi connectivity index (χ3v) is 3.91. The van der Waals surface area contributed by atoms with Crippen LogP contribution < -0.4 is 20.4 Å². The normalized spacial score (nSPS) is 10.4. The van der Waals surface area contributed by atoms with Crippen LogP contribution in [-0.2, 0) is 16.1 Å². The maximum atomic E-state index is 11.9. The molecule has 0 spiro atoms. The van der Waals surface area contributed by atoms with Crippen LogP contribution in [0.4, 0.5) is 5.69 Å². The maximum Gasteiger partial charge on any atom is 0.379 e. The Hall–Kier alpha value is -3.48. The van der Waals surface area contributed by atoms with Gasteiger partial charge >= 0.3 is 11.6 Å². The minimum absolute atomic E-state index is 0.0301. The molecule has 2 aromatic carbocycles. The summed E-state index contributed by atoms with van der Waals surface area (Å²) in [5.41, 5.74) is 1.33. The standard InChI is InChI=1S/C20H19NO6/c1-24-18-9-14-8-15(21-11-19(22)25-2)17(10-16(14)27-20(18)23)26-12-13-6-4-3-5-7-13/h3-10,21H,11-12H2,1-2H3. The highest BCUT2D eigenvalue weighted by Crippen LogP contribution is 2.32. The maximum absolute atomic E-state index is 11.9. The Morgan fingerprint density at radius 2 is 1.85 bits per heavy atom. The molecule has 0 aliphatic rings. The van der Waals surface area contributed by atoms with Gasteiger partial charge in [-0.1, -0.05) is 30.3 Å². The van der Waals surface area contributed by atoms with Gasteiger partial charge in [0, 0.05) is 11.5 Å². The van der Waals surface area contributed by atoms with Gasteiger partial charge in [0.05, 0.1) is 19.9 Å². The van der Waals surface area contributed by atoms with Crippen LogP contribution in [0.5, 0.6) is 11.5 Å². The van der Waals surface area contributed by atoms with Crippen LogP contribution in [0.25, 0.3) is 11.0 Å². The molecule has 0 saturated heterocycles. The zero-order chi connectivity index (χ0) is 19.2. The lowest BCUT2D eigenvalue weighted by molar-refractivity contribution is -0.138. The van der Waals surface area contributed by atoms with Gasteiger partial charge in [0.2, 0.25) is 5.75 Å². The number of carbonyl (C=O) groups excluding carboxylic acids is 1. The molecule has 3 aromatic rings. The lowest BCUT2D eigenvalue weighted by Gasteiger charge is -2.14. The van der Waals surface area contributed by atoms with Crippen LogP contribution >= 0.6 is 0 Å². The monoisotopic (exact) mass is 369 g/mol. The molecule has 1 heterocycles. The van der Waals surface area contributed by atoms with Crippen LogP contribution in [0.1, 0.15) is 5.56 Å². The van der Waals surface area contributed by atoms with Crippen LogP contribution in [0.15, 0.2) is 57.7 Å². The van der Waals surface area contributed by atoms with Crippen molar-refractivity contribution in [1.29, 1.82) is 0 Å². The number of nitrogens with one attached hydrogen (secondary N) is 1. The molecule has 7 heteroatoms. The molecule has 1 aromatic heterocycles. The molecular weight excluding hydrogens is 350 g/mol. The van der Waals surface area contributed by atoms with E-state index in [2.05, 4.69) is 10.1 Å². The van der Waals surface area contributed by atoms with Crippen molar-refractivity contribution in [3.63, 3.8) is 0 Å². The largest absolute Gasteiger partial charge is 0.490 e. The Labute approximate surface area is 155 Å². The summed E-state index contributed by atoms with van der Waals surface area (Å²) in [5.74, 6) is 0.129. The molecule has 0 saturated carbocycles. The van der Waals surface area contributed by atoms with Crippen molar-refractivity contribution in [3.05, 3.63) is 64.5 Å². The van der Waals surface area contributed by atoms with Gasteiger partial charge in [-0.25, -0.2) is 4.79 Å². The number of methoxy groups -OCH3 is 2. The van der Waals surface area contributed by atoms with Crippen molar-refractivity contribution in [2.45, 2.75) is 6.61 Å². The third kappa shape index (κ3) is 4.38. The number of hydrogen-bond donors (Lipinski definition) is 1. The fourth-order valence-corrected chi connectivity index (χ4v) is 2.50. The highest BCUT2D eigenvalue weighted by Gasteiger charge is 2.13. The Balaban J connectivity index is 1.96. The van der Waals surface area contributed by atoms with Gasteiger partial charge in [0.15, 0.2) is 0 Å². The first-order chi connectivity index (χ1) is 13.1. The quantitative estimate of drug-likeness (QED) is 0.506. The van der Waals surface area contributed by atoms with Crippen LogP contribution in [0.2, 0.25) is 0 Å². The Kier molecular flexibility index (Phi) is 5.61. The first-order valence-corrected chi connectivity index (χ1v) is 8.24. The van der Waals surface area contributed by atoms with Crippen molar-refractivity contribution in [1.82, 2.24) is 0 Å². The van der Waals surface area contributed by atoms with Crippen molar-refractivity contribution in [2.24, 2.45) is 0 Å². The second-order valence-electron chi connectivity index (χ2n) is 5.69. The number of fused-ring (bicyclic) bond motifs is 1. The summed E-state index contributed by atoms with van der Waals surface area (Å²) < 4.78 is 20.9. The molecule has 0 aliphatic carbocycles. The molecule has 1 N–H and O–H groups in total. The number of hydrogen-bond acceptors (Lipinski definition) is 7. The second-order valence-corrected chi connectivity index (χ2v) is 5.69. The number of carbonyl (C=O) groups is 1. The van der Waals surface area contributed by atoms with E-state index in [-0.39, 0.29) is 12.3 Å². The zero-order valence-corrected chi connectivity index (χ0v) is 15.0. The van der Waals surface area contributed by atoms with Crippen molar-refractivity contribution in [2.75, 3.05) is 26.1 Å². The number of benzene rings is 2. The fourth-order valence-electron chi connectivity index (χ4n) is 2.50. The lowest BCUT2D eigenvalue weighted by atomic mass is 10.2. The van der Waals surface area contributed by atoms with Gasteiger partial charge in [-0.3, -0.25) is 4.79 Å². The van der Waals surface area contributed by atoms with Crippen LogP contribution in [0, 0.1) is 0 Å². The number of rotatable bonds is 7. The van der Waals surface area contributed by atoms with E-state index >= 15 is 0 Å². The number of ether oxygens (including phenoxy) is 3. The van der Waals surface area contributed by atoms with Gasteiger partial charge in [-0.2, -0.15) is 0 Å². The molecule has 3 rings (SSSR count). The lowest BCUT2D eigenvalue weighted by Crippen LogP contribution is -2.15. The minimum Gasteiger partial charge on any atom is -0.490 e. The summed E-state index contributed by atoms with van der Waals surface area (Å²) in [5, 5.41) is 3.61. The van der Waals surface area contributed by atoms with E-state index in [4.69, 9.17) is 13.9 Å². The summed E-state index contributed by atoms with van der Waals surface area (Å²) >= 11 is 0. The minimum atomic E-state index is -0.575. The van der Waals surface area contributed by atoms with Crippen molar-refractivity contribution in [3.8, 4) is 11.5 Å². The molecule has 0 amide bonds. The van der Waals surface area contributed by atoms with E-state index in [0.29, 0.717) is 29.0 Å². The summed E-state index contributed by atoms with van der Waals surface area (Å²) in [7, 11) is 2.71. The topological polar surface area (TPSA) is 87.0 Å². The van der Waals surface area contributed by atoms with Gasteiger partial charge in [0.25, 0.3) is 0 Å². The fraction of sp³-hybridized carbons (Fsp3) is 0.200. The van der Waals surface area contributed by atoms with E-state index in [0.717, 1.165) is 5.56 Å². The highest BCUT2D eigenvalue weighted by atomic mass is 16.5. The molecule has 0 fully saturated rings. The summed E-state index contributed by atoms with van der Waals surface area (Å²) in [6.07, 6.45) is 0. The van der Waals surface area contributed by atoms with E-state index in [1.807, 2.05) is 30.3 Å². The first kappa shape index (κ1) is 18.3. The third-order valence-electron chi connectivity index (χ3n) is 3.91. The second kappa shape index (κ2) is 8.27. The molecule has 7 nitrogen and oxygen atoms in total. The van der Waals surface area contributed by atoms with E-state index in [1.165, 1.54) is 14.2 Å². The Bertz CT molecular complexity index is 997. The molecule has 0 radical (unpaired) electrons. The summed E-state index contributed by atoms with van der Waals surface area (Å²) in [4.78, 5) is 23.4. The Morgan fingerprint density at radius 3 is 2.56 bits per heavy atom. The molecule has 27 heavy (non-hydrogen) atoms. The van der Waals surface area contributed by atoms with Gasteiger partial charge in [-0.15, -0.1) is 0 Å². The summed E-state index contributed by atoms with van der Waals surface area (Å²) in [6.45, 7) is 0.289. The highest BCUT2D eigenvalue weighted by molar-refractivity contribution is 5.86. The number of esters is 1. The van der Waals surface area contributed by atoms with Gasteiger partial charge in [-0.05, 0) is 17.7 Å². The molecule has 0 bridgehead atoms. The SMILES string of the molecule is COC(=O)CNc1cc2cc(OC)c(=O)oc2cc1OCc1ccccc1. The van der Waals surface area contributed by atoms with E-state index < -0.39 is 11.6 Å². The van der Waals surface area contributed by atoms with Crippen molar-refractivity contribution >= 4 is 22.6 Å². The molecule has 0 unspecified atom stereocenters. The average molecular weight is 369 g/mol. The Morgan fingerprint density at radius 1 is 1.07 bits per heavy atom.